The maximum atomic E-state index is 5.12. The first-order chi connectivity index (χ1) is 12.9. The van der Waals surface area contributed by atoms with E-state index in [9.17, 15) is 0 Å². The number of methoxy groups -OCH3 is 1. The van der Waals surface area contributed by atoms with Gasteiger partial charge in [0.2, 0.25) is 5.95 Å². The van der Waals surface area contributed by atoms with Crippen LogP contribution in [0.15, 0.2) is 36.7 Å². The number of aromatic nitrogens is 2. The van der Waals surface area contributed by atoms with Gasteiger partial charge in [-0.1, -0.05) is 6.58 Å². The Hall–Kier alpha value is -1.92. The molecular weight excluding hydrogens is 356 g/mol. The number of anilines is 1. The predicted molar refractivity (Wildman–Crippen MR) is 113 cm³/mol. The molecule has 2 N–H and O–H groups in total. The van der Waals surface area contributed by atoms with Crippen molar-refractivity contribution in [3.05, 3.63) is 41.5 Å². The molecule has 0 spiro atoms. The predicted octanol–water partition coefficient (Wildman–Crippen LogP) is 4.63. The lowest BCUT2D eigenvalue weighted by molar-refractivity contribution is 0.193. The summed E-state index contributed by atoms with van der Waals surface area (Å²) in [6.07, 6.45) is 7.08. The van der Waals surface area contributed by atoms with Gasteiger partial charge in [-0.05, 0) is 57.7 Å². The Labute approximate surface area is 166 Å². The zero-order chi connectivity index (χ0) is 19.3. The van der Waals surface area contributed by atoms with Crippen molar-refractivity contribution in [2.75, 3.05) is 19.0 Å². The monoisotopic (exact) mass is 386 g/mol. The lowest BCUT2D eigenvalue weighted by Crippen LogP contribution is -2.48. The number of aryl methyl sites for hydroxylation is 1. The number of thiophene rings is 1. The topological polar surface area (TPSA) is 59.1 Å². The molecule has 1 saturated heterocycles. The van der Waals surface area contributed by atoms with Gasteiger partial charge in [0, 0.05) is 48.5 Å². The molecule has 1 unspecified atom stereocenters. The largest absolute Gasteiger partial charge is 0.385 e. The molecule has 1 fully saturated rings. The third-order valence-electron chi connectivity index (χ3n) is 4.69. The van der Waals surface area contributed by atoms with Crippen LogP contribution in [0.4, 0.5) is 5.95 Å². The molecule has 2 aromatic rings. The maximum absolute atomic E-state index is 5.12. The lowest BCUT2D eigenvalue weighted by atomic mass is 9.88. The van der Waals surface area contributed by atoms with Gasteiger partial charge < -0.3 is 15.4 Å². The van der Waals surface area contributed by atoms with Gasteiger partial charge in [0.1, 0.15) is 0 Å². The summed E-state index contributed by atoms with van der Waals surface area (Å²) < 4.78 is 5.12. The van der Waals surface area contributed by atoms with E-state index in [2.05, 4.69) is 48.2 Å². The van der Waals surface area contributed by atoms with Crippen LogP contribution in [-0.4, -0.2) is 35.3 Å². The van der Waals surface area contributed by atoms with Crippen molar-refractivity contribution < 1.29 is 4.74 Å². The molecule has 5 nitrogen and oxygen atoms in total. The molecule has 3 heterocycles. The first-order valence-electron chi connectivity index (χ1n) is 9.59. The molecule has 0 amide bonds. The highest BCUT2D eigenvalue weighted by Gasteiger charge is 2.29. The van der Waals surface area contributed by atoms with E-state index in [1.165, 1.54) is 9.75 Å². The molecule has 0 saturated carbocycles. The fourth-order valence-corrected chi connectivity index (χ4v) is 4.63. The molecule has 0 radical (unpaired) electrons. The van der Waals surface area contributed by atoms with E-state index >= 15 is 0 Å². The summed E-state index contributed by atoms with van der Waals surface area (Å²) in [7, 11) is 1.75. The van der Waals surface area contributed by atoms with Crippen molar-refractivity contribution >= 4 is 17.3 Å². The second-order valence-electron chi connectivity index (χ2n) is 7.84. The van der Waals surface area contributed by atoms with Crippen LogP contribution in [-0.2, 0) is 11.2 Å². The summed E-state index contributed by atoms with van der Waals surface area (Å²) in [5.74, 6) is 0.693. The zero-order valence-electron chi connectivity index (χ0n) is 16.5. The van der Waals surface area contributed by atoms with E-state index in [0.717, 1.165) is 50.1 Å². The Morgan fingerprint density at radius 2 is 2.19 bits per heavy atom. The number of ether oxygens (including phenoxy) is 1. The maximum Gasteiger partial charge on any atom is 0.223 e. The number of hydrogen-bond donors (Lipinski definition) is 2. The van der Waals surface area contributed by atoms with Crippen LogP contribution in [0.1, 0.15) is 44.4 Å². The molecule has 0 aromatic carbocycles. The van der Waals surface area contributed by atoms with Gasteiger partial charge in [0.05, 0.1) is 10.6 Å². The summed E-state index contributed by atoms with van der Waals surface area (Å²) in [5, 5.41) is 6.95. The van der Waals surface area contributed by atoms with E-state index in [0.29, 0.717) is 12.0 Å². The molecule has 146 valence electrons. The van der Waals surface area contributed by atoms with Crippen molar-refractivity contribution in [3.63, 3.8) is 0 Å². The normalized spacial score (nSPS) is 18.9. The van der Waals surface area contributed by atoms with Gasteiger partial charge in [-0.15, -0.1) is 11.3 Å². The smallest absolute Gasteiger partial charge is 0.223 e. The number of unbranched alkanes of at least 4 members (excludes halogenated alkanes) is 1. The molecular formula is C21H30N4OS. The van der Waals surface area contributed by atoms with E-state index in [4.69, 9.17) is 9.72 Å². The van der Waals surface area contributed by atoms with Gasteiger partial charge in [-0.2, -0.15) is 0 Å². The SMILES string of the molecule is C=C1CC(Nc2nccc(-c3ccc(CCCCOC)s3)n2)CC(C)(C)N1. The summed E-state index contributed by atoms with van der Waals surface area (Å²) in [4.78, 5) is 11.8. The first-order valence-corrected chi connectivity index (χ1v) is 10.4. The molecule has 1 aliphatic rings. The second kappa shape index (κ2) is 8.85. The Morgan fingerprint density at radius 3 is 2.96 bits per heavy atom. The Balaban J connectivity index is 1.64. The fourth-order valence-electron chi connectivity index (χ4n) is 3.61. The minimum absolute atomic E-state index is 0.0378. The van der Waals surface area contributed by atoms with Gasteiger partial charge in [0.25, 0.3) is 0 Å². The van der Waals surface area contributed by atoms with Crippen molar-refractivity contribution in [2.24, 2.45) is 0 Å². The van der Waals surface area contributed by atoms with Gasteiger partial charge in [-0.3, -0.25) is 0 Å². The highest BCUT2D eigenvalue weighted by molar-refractivity contribution is 7.15. The number of rotatable bonds is 8. The Kier molecular flexibility index (Phi) is 6.50. The highest BCUT2D eigenvalue weighted by atomic mass is 32.1. The molecule has 2 aromatic heterocycles. The van der Waals surface area contributed by atoms with Crippen molar-refractivity contribution in [2.45, 2.75) is 57.5 Å². The van der Waals surface area contributed by atoms with Crippen molar-refractivity contribution in [1.29, 1.82) is 0 Å². The fraction of sp³-hybridized carbons (Fsp3) is 0.524. The molecule has 27 heavy (non-hydrogen) atoms. The van der Waals surface area contributed by atoms with Crippen molar-refractivity contribution in [3.8, 4) is 10.6 Å². The molecule has 1 atom stereocenters. The van der Waals surface area contributed by atoms with E-state index in [1.807, 2.05) is 23.6 Å². The lowest BCUT2D eigenvalue weighted by Gasteiger charge is -2.38. The van der Waals surface area contributed by atoms with Crippen LogP contribution in [0.2, 0.25) is 0 Å². The van der Waals surface area contributed by atoms with E-state index < -0.39 is 0 Å². The van der Waals surface area contributed by atoms with Crippen LogP contribution in [0.25, 0.3) is 10.6 Å². The van der Waals surface area contributed by atoms with E-state index in [1.54, 1.807) is 7.11 Å². The number of nitrogens with zero attached hydrogens (tertiary/aromatic N) is 2. The molecule has 0 aliphatic carbocycles. The Morgan fingerprint density at radius 1 is 1.33 bits per heavy atom. The van der Waals surface area contributed by atoms with Gasteiger partial charge >= 0.3 is 0 Å². The quantitative estimate of drug-likeness (QED) is 0.648. The third-order valence-corrected chi connectivity index (χ3v) is 5.86. The highest BCUT2D eigenvalue weighted by Crippen LogP contribution is 2.29. The third kappa shape index (κ3) is 5.78. The number of nitrogens with one attached hydrogen (secondary N) is 2. The average Bonchev–Trinajstić information content (AvgIpc) is 3.06. The minimum atomic E-state index is 0.0378. The number of piperidine rings is 1. The molecule has 6 heteroatoms. The van der Waals surface area contributed by atoms with Crippen LogP contribution in [0, 0.1) is 0 Å². The average molecular weight is 387 g/mol. The van der Waals surface area contributed by atoms with Gasteiger partial charge in [0.15, 0.2) is 0 Å². The van der Waals surface area contributed by atoms with Crippen LogP contribution < -0.4 is 10.6 Å². The molecule has 0 bridgehead atoms. The minimum Gasteiger partial charge on any atom is -0.385 e. The van der Waals surface area contributed by atoms with Crippen LogP contribution >= 0.6 is 11.3 Å². The van der Waals surface area contributed by atoms with Gasteiger partial charge in [-0.25, -0.2) is 9.97 Å². The van der Waals surface area contributed by atoms with E-state index in [-0.39, 0.29) is 5.54 Å². The van der Waals surface area contributed by atoms with Crippen molar-refractivity contribution in [1.82, 2.24) is 15.3 Å². The molecule has 1 aliphatic heterocycles. The first kappa shape index (κ1) is 19.8. The summed E-state index contributed by atoms with van der Waals surface area (Å²) in [6, 6.07) is 6.65. The van der Waals surface area contributed by atoms with Crippen LogP contribution in [0.5, 0.6) is 0 Å². The molecule has 3 rings (SSSR count). The summed E-state index contributed by atoms with van der Waals surface area (Å²) >= 11 is 1.82. The summed E-state index contributed by atoms with van der Waals surface area (Å²) in [5.41, 5.74) is 2.08. The Bertz CT molecular complexity index is 771. The zero-order valence-corrected chi connectivity index (χ0v) is 17.4. The van der Waals surface area contributed by atoms with Crippen LogP contribution in [0.3, 0.4) is 0 Å². The second-order valence-corrected chi connectivity index (χ2v) is 9.01. The standard InChI is InChI=1S/C21H30N4OS/c1-15-13-16(14-21(2,3)25-15)23-20-22-11-10-18(24-20)19-9-8-17(27-19)7-5-6-12-26-4/h8-11,16,25H,1,5-7,12-14H2,2-4H3,(H,22,23,24). The summed E-state index contributed by atoms with van der Waals surface area (Å²) in [6.45, 7) is 9.33. The number of hydrogen-bond acceptors (Lipinski definition) is 6.